The van der Waals surface area contributed by atoms with Gasteiger partial charge in [0, 0.05) is 30.4 Å². The first-order valence-corrected chi connectivity index (χ1v) is 12.3. The van der Waals surface area contributed by atoms with Gasteiger partial charge in [-0.15, -0.1) is 13.2 Å². The van der Waals surface area contributed by atoms with Crippen LogP contribution in [0.1, 0.15) is 48.0 Å². The highest BCUT2D eigenvalue weighted by atomic mass is 19.4. The lowest BCUT2D eigenvalue weighted by Gasteiger charge is -2.37. The molecule has 0 unspecified atom stereocenters. The molecule has 2 aromatic carbocycles. The van der Waals surface area contributed by atoms with Gasteiger partial charge >= 0.3 is 24.5 Å². The van der Waals surface area contributed by atoms with Gasteiger partial charge < -0.3 is 25.4 Å². The molecule has 0 aromatic heterocycles. The Hall–Kier alpha value is -3.97. The number of aliphatic carboxylic acids is 1. The van der Waals surface area contributed by atoms with Crippen LogP contribution < -0.4 is 15.4 Å². The Morgan fingerprint density at radius 3 is 2.02 bits per heavy atom. The van der Waals surface area contributed by atoms with Crippen molar-refractivity contribution in [2.24, 2.45) is 5.92 Å². The Labute approximate surface area is 225 Å². The van der Waals surface area contributed by atoms with E-state index in [1.807, 2.05) is 0 Å². The molecule has 0 aliphatic heterocycles. The number of hydrogen-bond acceptors (Lipinski definition) is 4. The summed E-state index contributed by atoms with van der Waals surface area (Å²) in [6.45, 7) is -0.0723. The summed E-state index contributed by atoms with van der Waals surface area (Å²) in [4.78, 5) is 37.4. The van der Waals surface area contributed by atoms with E-state index in [0.717, 1.165) is 12.1 Å². The highest BCUT2D eigenvalue weighted by Gasteiger charge is 2.42. The van der Waals surface area contributed by atoms with Gasteiger partial charge in [0.1, 0.15) is 5.75 Å². The molecule has 0 saturated heterocycles. The largest absolute Gasteiger partial charge is 0.573 e. The zero-order valence-corrected chi connectivity index (χ0v) is 21.0. The summed E-state index contributed by atoms with van der Waals surface area (Å²) in [5.41, 5.74) is 0.975. The zero-order chi connectivity index (χ0) is 29.5. The maximum Gasteiger partial charge on any atom is 0.573 e. The second kappa shape index (κ2) is 12.9. The van der Waals surface area contributed by atoms with Crippen LogP contribution in [0.5, 0.6) is 5.75 Å². The molecule has 1 aliphatic rings. The Morgan fingerprint density at radius 1 is 0.900 bits per heavy atom. The van der Waals surface area contributed by atoms with Crippen LogP contribution in [0.15, 0.2) is 48.5 Å². The predicted molar refractivity (Wildman–Crippen MR) is 131 cm³/mol. The minimum absolute atomic E-state index is 0.0105. The third-order valence-electron chi connectivity index (χ3n) is 6.39. The number of benzene rings is 2. The number of carbonyl (C=O) groups is 3. The van der Waals surface area contributed by atoms with Crippen molar-refractivity contribution in [3.05, 3.63) is 59.7 Å². The average Bonchev–Trinajstić information content (AvgIpc) is 2.87. The fourth-order valence-electron chi connectivity index (χ4n) is 4.36. The van der Waals surface area contributed by atoms with Crippen molar-refractivity contribution in [3.8, 4) is 5.75 Å². The van der Waals surface area contributed by atoms with E-state index in [9.17, 15) is 40.7 Å². The maximum absolute atomic E-state index is 13.2. The molecule has 3 N–H and O–H groups in total. The standard InChI is InChI=1S/C26H27F6N3O5/c27-25(28,29)18-5-9-20(10-6-18)35(24(39)34-19-7-11-21(12-8-19)40-26(30,31)32)15-16-1-3-17(4-2-16)23(38)33-14-13-22(36)37/h1-4,7-8,11-12,18,20H,5-6,9-10,13-15H2,(H,33,38)(H,34,39)(H,36,37). The summed E-state index contributed by atoms with van der Waals surface area (Å²) in [7, 11) is 0. The molecule has 218 valence electrons. The van der Waals surface area contributed by atoms with Gasteiger partial charge in [0.15, 0.2) is 0 Å². The van der Waals surface area contributed by atoms with E-state index in [1.54, 1.807) is 12.1 Å². The fraction of sp³-hybridized carbons (Fsp3) is 0.423. The molecule has 1 aliphatic carbocycles. The summed E-state index contributed by atoms with van der Waals surface area (Å²) < 4.78 is 80.6. The van der Waals surface area contributed by atoms with Gasteiger partial charge in [0.25, 0.3) is 5.91 Å². The summed E-state index contributed by atoms with van der Waals surface area (Å²) in [5.74, 6) is -3.51. The Bertz CT molecular complexity index is 1160. The molecule has 1 saturated carbocycles. The monoisotopic (exact) mass is 575 g/mol. The number of anilines is 1. The minimum Gasteiger partial charge on any atom is -0.481 e. The quantitative estimate of drug-likeness (QED) is 0.321. The number of carboxylic acids is 1. The molecule has 3 amide bonds. The summed E-state index contributed by atoms with van der Waals surface area (Å²) >= 11 is 0. The van der Waals surface area contributed by atoms with E-state index in [0.29, 0.717) is 5.56 Å². The number of carbonyl (C=O) groups excluding carboxylic acids is 2. The molecule has 0 heterocycles. The van der Waals surface area contributed by atoms with Crippen LogP contribution in [0.25, 0.3) is 0 Å². The molecule has 14 heteroatoms. The molecule has 0 spiro atoms. The predicted octanol–water partition coefficient (Wildman–Crippen LogP) is 5.94. The highest BCUT2D eigenvalue weighted by Crippen LogP contribution is 2.39. The number of nitrogens with one attached hydrogen (secondary N) is 2. The second-order valence-corrected chi connectivity index (χ2v) is 9.27. The van der Waals surface area contributed by atoms with Crippen LogP contribution in [0.2, 0.25) is 0 Å². The van der Waals surface area contributed by atoms with Gasteiger partial charge in [-0.3, -0.25) is 9.59 Å². The normalized spacial score (nSPS) is 17.6. The van der Waals surface area contributed by atoms with Gasteiger partial charge in [-0.25, -0.2) is 4.79 Å². The summed E-state index contributed by atoms with van der Waals surface area (Å²) in [5, 5.41) is 13.7. The minimum atomic E-state index is -4.88. The lowest BCUT2D eigenvalue weighted by atomic mass is 9.85. The summed E-state index contributed by atoms with van der Waals surface area (Å²) in [6, 6.07) is 9.33. The van der Waals surface area contributed by atoms with Crippen molar-refractivity contribution in [3.63, 3.8) is 0 Å². The lowest BCUT2D eigenvalue weighted by molar-refractivity contribution is -0.274. The van der Waals surface area contributed by atoms with Crippen molar-refractivity contribution in [2.75, 3.05) is 11.9 Å². The van der Waals surface area contributed by atoms with Crippen LogP contribution in [-0.2, 0) is 11.3 Å². The number of ether oxygens (including phenoxy) is 1. The van der Waals surface area contributed by atoms with Crippen LogP contribution >= 0.6 is 0 Å². The SMILES string of the molecule is O=C(O)CCNC(=O)c1ccc(CN(C(=O)Nc2ccc(OC(F)(F)F)cc2)C2CCC(C(F)(F)F)CC2)cc1. The Balaban J connectivity index is 1.72. The van der Waals surface area contributed by atoms with E-state index >= 15 is 0 Å². The number of urea groups is 1. The Kier molecular flexibility index (Phi) is 9.88. The van der Waals surface area contributed by atoms with Crippen LogP contribution in [0.4, 0.5) is 36.8 Å². The third-order valence-corrected chi connectivity index (χ3v) is 6.39. The molecular weight excluding hydrogens is 548 g/mol. The topological polar surface area (TPSA) is 108 Å². The van der Waals surface area contributed by atoms with E-state index in [2.05, 4.69) is 15.4 Å². The van der Waals surface area contributed by atoms with E-state index in [-0.39, 0.29) is 56.4 Å². The first-order chi connectivity index (χ1) is 18.7. The van der Waals surface area contributed by atoms with Crippen molar-refractivity contribution in [1.82, 2.24) is 10.2 Å². The molecule has 2 aromatic rings. The highest BCUT2D eigenvalue weighted by molar-refractivity contribution is 5.94. The van der Waals surface area contributed by atoms with Crippen LogP contribution in [0, 0.1) is 5.92 Å². The Morgan fingerprint density at radius 2 is 1.50 bits per heavy atom. The second-order valence-electron chi connectivity index (χ2n) is 9.27. The number of amides is 3. The van der Waals surface area contributed by atoms with Gasteiger partial charge in [-0.1, -0.05) is 12.1 Å². The average molecular weight is 576 g/mol. The first-order valence-electron chi connectivity index (χ1n) is 12.3. The van der Waals surface area contributed by atoms with Gasteiger partial charge in [-0.2, -0.15) is 13.2 Å². The number of nitrogens with zero attached hydrogens (tertiary/aromatic N) is 1. The lowest BCUT2D eigenvalue weighted by Crippen LogP contribution is -2.45. The van der Waals surface area contributed by atoms with Crippen LogP contribution in [0.3, 0.4) is 0 Å². The van der Waals surface area contributed by atoms with E-state index < -0.39 is 48.2 Å². The van der Waals surface area contributed by atoms with E-state index in [4.69, 9.17) is 5.11 Å². The molecule has 8 nitrogen and oxygen atoms in total. The first kappa shape index (κ1) is 30.6. The smallest absolute Gasteiger partial charge is 0.481 e. The van der Waals surface area contributed by atoms with Crippen molar-refractivity contribution in [2.45, 2.75) is 57.2 Å². The number of alkyl halides is 6. The van der Waals surface area contributed by atoms with Crippen molar-refractivity contribution >= 4 is 23.6 Å². The molecule has 1 fully saturated rings. The van der Waals surface area contributed by atoms with Gasteiger partial charge in [0.05, 0.1) is 12.3 Å². The maximum atomic E-state index is 13.2. The number of halogens is 6. The fourth-order valence-corrected chi connectivity index (χ4v) is 4.36. The van der Waals surface area contributed by atoms with E-state index in [1.165, 1.54) is 29.2 Å². The number of carboxylic acid groups (broad SMARTS) is 1. The van der Waals surface area contributed by atoms with Gasteiger partial charge in [-0.05, 0) is 67.6 Å². The van der Waals surface area contributed by atoms with Crippen molar-refractivity contribution in [1.29, 1.82) is 0 Å². The number of rotatable bonds is 9. The molecule has 0 radical (unpaired) electrons. The summed E-state index contributed by atoms with van der Waals surface area (Å²) in [6.07, 6.45) is -9.58. The zero-order valence-electron chi connectivity index (χ0n) is 21.0. The van der Waals surface area contributed by atoms with Crippen LogP contribution in [-0.4, -0.2) is 53.0 Å². The molecule has 3 rings (SSSR count). The van der Waals surface area contributed by atoms with Crippen molar-refractivity contribution < 1.29 is 50.6 Å². The molecule has 0 atom stereocenters. The molecule has 0 bridgehead atoms. The molecule has 40 heavy (non-hydrogen) atoms. The molecular formula is C26H27F6N3O5. The van der Waals surface area contributed by atoms with Gasteiger partial charge in [0.2, 0.25) is 0 Å². The third kappa shape index (κ3) is 9.35. The number of hydrogen-bond donors (Lipinski definition) is 3.